The Labute approximate surface area is 190 Å². The highest BCUT2D eigenvalue weighted by molar-refractivity contribution is 7.89. The van der Waals surface area contributed by atoms with Gasteiger partial charge >= 0.3 is 0 Å². The lowest BCUT2D eigenvalue weighted by molar-refractivity contribution is 0.102. The molecule has 1 aliphatic rings. The number of hydrogen-bond acceptors (Lipinski definition) is 6. The summed E-state index contributed by atoms with van der Waals surface area (Å²) in [7, 11) is -3.78. The van der Waals surface area contributed by atoms with Crippen LogP contribution >= 0.6 is 22.9 Å². The van der Waals surface area contributed by atoms with Gasteiger partial charge in [-0.1, -0.05) is 66.1 Å². The number of rotatable bonds is 5. The second-order valence-corrected chi connectivity index (χ2v) is 10.5. The van der Waals surface area contributed by atoms with Gasteiger partial charge in [0.15, 0.2) is 0 Å². The van der Waals surface area contributed by atoms with Crippen molar-refractivity contribution in [3.63, 3.8) is 0 Å². The smallest absolute Gasteiger partial charge is 0.257 e. The molecule has 0 spiro atoms. The van der Waals surface area contributed by atoms with E-state index in [-0.39, 0.29) is 15.5 Å². The van der Waals surface area contributed by atoms with Crippen LogP contribution in [0.2, 0.25) is 5.02 Å². The van der Waals surface area contributed by atoms with Crippen LogP contribution in [0.25, 0.3) is 10.6 Å². The SMILES string of the molecule is O=C(Nc1nnc(-c2ccccc2)s1)c1ccc(Cl)c(S(=O)(=O)N2CCCCCC2)c1. The molecule has 3 aromatic rings. The van der Waals surface area contributed by atoms with Crippen LogP contribution in [0.5, 0.6) is 0 Å². The zero-order valence-corrected chi connectivity index (χ0v) is 19.0. The van der Waals surface area contributed by atoms with E-state index in [9.17, 15) is 13.2 Å². The van der Waals surface area contributed by atoms with E-state index in [2.05, 4.69) is 15.5 Å². The predicted octanol–water partition coefficient (Wildman–Crippen LogP) is 4.68. The number of carbonyl (C=O) groups is 1. The molecule has 1 aliphatic heterocycles. The first kappa shape index (κ1) is 21.9. The Morgan fingerprint density at radius 1 is 1.00 bits per heavy atom. The molecular weight excluding hydrogens is 456 g/mol. The van der Waals surface area contributed by atoms with Crippen molar-refractivity contribution in [3.8, 4) is 10.6 Å². The molecule has 2 aromatic carbocycles. The summed E-state index contributed by atoms with van der Waals surface area (Å²) in [6, 6.07) is 13.8. The number of nitrogens with zero attached hydrogens (tertiary/aromatic N) is 3. The molecule has 1 aromatic heterocycles. The first-order chi connectivity index (χ1) is 14.9. The molecule has 10 heteroatoms. The number of hydrogen-bond donors (Lipinski definition) is 1. The highest BCUT2D eigenvalue weighted by Crippen LogP contribution is 2.29. The summed E-state index contributed by atoms with van der Waals surface area (Å²) in [5.41, 5.74) is 1.09. The Balaban J connectivity index is 1.55. The molecule has 1 fully saturated rings. The van der Waals surface area contributed by atoms with Gasteiger partial charge in [0.05, 0.1) is 5.02 Å². The highest BCUT2D eigenvalue weighted by atomic mass is 35.5. The quantitative estimate of drug-likeness (QED) is 0.577. The van der Waals surface area contributed by atoms with Gasteiger partial charge in [0, 0.05) is 24.2 Å². The van der Waals surface area contributed by atoms with Gasteiger partial charge in [-0.15, -0.1) is 10.2 Å². The zero-order valence-electron chi connectivity index (χ0n) is 16.6. The standard InChI is InChI=1S/C21H21ClN4O3S2/c22-17-11-10-16(14-18(17)31(28,29)26-12-6-1-2-7-13-26)19(27)23-21-25-24-20(30-21)15-8-4-3-5-9-15/h3-5,8-11,14H,1-2,6-7,12-13H2,(H,23,25,27). The number of halogens is 1. The second kappa shape index (κ2) is 9.44. The van der Waals surface area contributed by atoms with Crippen LogP contribution in [0.3, 0.4) is 0 Å². The highest BCUT2D eigenvalue weighted by Gasteiger charge is 2.28. The van der Waals surface area contributed by atoms with Gasteiger partial charge in [-0.3, -0.25) is 10.1 Å². The number of amides is 1. The molecule has 162 valence electrons. The van der Waals surface area contributed by atoms with Crippen molar-refractivity contribution in [1.29, 1.82) is 0 Å². The van der Waals surface area contributed by atoms with Crippen molar-refractivity contribution in [2.45, 2.75) is 30.6 Å². The van der Waals surface area contributed by atoms with Crippen LogP contribution in [0.15, 0.2) is 53.4 Å². The number of aromatic nitrogens is 2. The van der Waals surface area contributed by atoms with Crippen molar-refractivity contribution in [1.82, 2.24) is 14.5 Å². The molecule has 0 saturated carbocycles. The minimum Gasteiger partial charge on any atom is -0.296 e. The molecule has 0 aliphatic carbocycles. The molecular formula is C21H21ClN4O3S2. The molecule has 1 amide bonds. The maximum absolute atomic E-state index is 13.1. The Morgan fingerprint density at radius 2 is 1.71 bits per heavy atom. The number of anilines is 1. The van der Waals surface area contributed by atoms with E-state index in [4.69, 9.17) is 11.6 Å². The molecule has 2 heterocycles. The van der Waals surface area contributed by atoms with E-state index in [0.29, 0.717) is 23.2 Å². The van der Waals surface area contributed by atoms with Gasteiger partial charge in [0.25, 0.3) is 5.91 Å². The maximum Gasteiger partial charge on any atom is 0.257 e. The van der Waals surface area contributed by atoms with E-state index in [0.717, 1.165) is 31.2 Å². The second-order valence-electron chi connectivity index (χ2n) is 7.20. The van der Waals surface area contributed by atoms with Gasteiger partial charge in [-0.25, -0.2) is 8.42 Å². The van der Waals surface area contributed by atoms with Crippen LogP contribution in [0.1, 0.15) is 36.0 Å². The molecule has 31 heavy (non-hydrogen) atoms. The fraction of sp³-hybridized carbons (Fsp3) is 0.286. The van der Waals surface area contributed by atoms with Crippen LogP contribution in [-0.2, 0) is 10.0 Å². The Hall–Kier alpha value is -2.33. The van der Waals surface area contributed by atoms with E-state index in [1.807, 2.05) is 30.3 Å². The molecule has 0 unspecified atom stereocenters. The summed E-state index contributed by atoms with van der Waals surface area (Å²) in [6.07, 6.45) is 3.65. The van der Waals surface area contributed by atoms with Crippen LogP contribution in [-0.4, -0.2) is 41.9 Å². The molecule has 1 N–H and O–H groups in total. The van der Waals surface area contributed by atoms with E-state index in [1.165, 1.54) is 33.8 Å². The van der Waals surface area contributed by atoms with Gasteiger partial charge < -0.3 is 0 Å². The predicted molar refractivity (Wildman–Crippen MR) is 122 cm³/mol. The van der Waals surface area contributed by atoms with Crippen LogP contribution in [0, 0.1) is 0 Å². The maximum atomic E-state index is 13.1. The minimum absolute atomic E-state index is 0.0500. The summed E-state index contributed by atoms with van der Waals surface area (Å²) in [5.74, 6) is -0.472. The van der Waals surface area contributed by atoms with Gasteiger partial charge in [0.1, 0.15) is 9.90 Å². The van der Waals surface area contributed by atoms with Gasteiger partial charge in [-0.2, -0.15) is 4.31 Å². The Morgan fingerprint density at radius 3 is 2.42 bits per heavy atom. The molecule has 0 bridgehead atoms. The van der Waals surface area contributed by atoms with Crippen molar-refractivity contribution < 1.29 is 13.2 Å². The lowest BCUT2D eigenvalue weighted by Gasteiger charge is -2.21. The monoisotopic (exact) mass is 476 g/mol. The largest absolute Gasteiger partial charge is 0.296 e. The zero-order chi connectivity index (χ0) is 21.8. The number of carbonyl (C=O) groups excluding carboxylic acids is 1. The van der Waals surface area contributed by atoms with Crippen molar-refractivity contribution >= 4 is 44.0 Å². The fourth-order valence-electron chi connectivity index (χ4n) is 3.40. The molecule has 0 atom stereocenters. The number of sulfonamides is 1. The average Bonchev–Trinajstić information content (AvgIpc) is 3.05. The van der Waals surface area contributed by atoms with Crippen LogP contribution in [0.4, 0.5) is 5.13 Å². The first-order valence-corrected chi connectivity index (χ1v) is 12.6. The van der Waals surface area contributed by atoms with E-state index < -0.39 is 15.9 Å². The molecule has 1 saturated heterocycles. The first-order valence-electron chi connectivity index (χ1n) is 9.95. The third-order valence-electron chi connectivity index (χ3n) is 5.04. The van der Waals surface area contributed by atoms with Gasteiger partial charge in [-0.05, 0) is 31.0 Å². The summed E-state index contributed by atoms with van der Waals surface area (Å²) < 4.78 is 27.7. The third-order valence-corrected chi connectivity index (χ3v) is 8.31. The lowest BCUT2D eigenvalue weighted by atomic mass is 10.2. The van der Waals surface area contributed by atoms with Crippen LogP contribution < -0.4 is 5.32 Å². The summed E-state index contributed by atoms with van der Waals surface area (Å²) >= 11 is 7.46. The normalized spacial score (nSPS) is 15.4. The van der Waals surface area contributed by atoms with Gasteiger partial charge in [0.2, 0.25) is 15.2 Å². The lowest BCUT2D eigenvalue weighted by Crippen LogP contribution is -2.32. The Kier molecular flexibility index (Phi) is 6.66. The van der Waals surface area contributed by atoms with Crippen molar-refractivity contribution in [2.24, 2.45) is 0 Å². The number of nitrogens with one attached hydrogen (secondary N) is 1. The Bertz CT molecular complexity index is 1170. The molecule has 7 nitrogen and oxygen atoms in total. The topological polar surface area (TPSA) is 92.3 Å². The minimum atomic E-state index is -3.78. The summed E-state index contributed by atoms with van der Waals surface area (Å²) in [6.45, 7) is 0.921. The van der Waals surface area contributed by atoms with Crippen molar-refractivity contribution in [3.05, 3.63) is 59.1 Å². The van der Waals surface area contributed by atoms with E-state index in [1.54, 1.807) is 0 Å². The van der Waals surface area contributed by atoms with Crippen molar-refractivity contribution in [2.75, 3.05) is 18.4 Å². The fourth-order valence-corrected chi connectivity index (χ4v) is 6.17. The third kappa shape index (κ3) is 4.95. The average molecular weight is 477 g/mol. The summed E-state index contributed by atoms with van der Waals surface area (Å²) in [5, 5.41) is 11.9. The number of benzene rings is 2. The molecule has 4 rings (SSSR count). The molecule has 0 radical (unpaired) electrons. The van der Waals surface area contributed by atoms with E-state index >= 15 is 0 Å². The summed E-state index contributed by atoms with van der Waals surface area (Å²) in [4.78, 5) is 12.7.